The lowest BCUT2D eigenvalue weighted by atomic mass is 9.99. The normalized spacial score (nSPS) is 15.9. The van der Waals surface area contributed by atoms with Gasteiger partial charge in [0.25, 0.3) is 0 Å². The Balaban J connectivity index is 2.14. The number of halogens is 4. The lowest BCUT2D eigenvalue weighted by Crippen LogP contribution is -2.13. The van der Waals surface area contributed by atoms with Crippen LogP contribution < -0.4 is 0 Å². The van der Waals surface area contributed by atoms with E-state index >= 15 is 0 Å². The highest BCUT2D eigenvalue weighted by Gasteiger charge is 2.30. The quantitative estimate of drug-likeness (QED) is 0.526. The van der Waals surface area contributed by atoms with Gasteiger partial charge in [0.15, 0.2) is 5.82 Å². The zero-order chi connectivity index (χ0) is 18.6. The van der Waals surface area contributed by atoms with Crippen molar-refractivity contribution < 1.29 is 8.78 Å². The zero-order valence-corrected chi connectivity index (χ0v) is 16.1. The van der Waals surface area contributed by atoms with Gasteiger partial charge in [-0.1, -0.05) is 17.7 Å². The second-order valence-corrected chi connectivity index (χ2v) is 7.18. The van der Waals surface area contributed by atoms with E-state index in [0.717, 1.165) is 0 Å². The van der Waals surface area contributed by atoms with Gasteiger partial charge in [0.1, 0.15) is 23.5 Å². The first-order chi connectivity index (χ1) is 12.4. The number of nitrogens with zero attached hydrogens (tertiary/aromatic N) is 4. The fourth-order valence-electron chi connectivity index (χ4n) is 3.13. The second-order valence-electron chi connectivity index (χ2n) is 5.95. The Bertz CT molecular complexity index is 1060. The summed E-state index contributed by atoms with van der Waals surface area (Å²) >= 11 is 9.93. The van der Waals surface area contributed by atoms with E-state index in [9.17, 15) is 8.78 Å². The summed E-state index contributed by atoms with van der Waals surface area (Å²) in [5, 5.41) is 8.62. The van der Waals surface area contributed by atoms with Crippen LogP contribution in [-0.2, 0) is 0 Å². The molecule has 0 radical (unpaired) electrons. The van der Waals surface area contributed by atoms with Crippen LogP contribution >= 0.6 is 27.5 Å². The lowest BCUT2D eigenvalue weighted by Gasteiger charge is -2.16. The smallest absolute Gasteiger partial charge is 0.162 e. The summed E-state index contributed by atoms with van der Waals surface area (Å²) in [6.45, 7) is 3.60. The molecule has 0 saturated heterocycles. The van der Waals surface area contributed by atoms with Crippen molar-refractivity contribution >= 4 is 33.2 Å². The first-order valence-corrected chi connectivity index (χ1v) is 9.00. The van der Waals surface area contributed by atoms with E-state index in [1.54, 1.807) is 26.0 Å². The molecule has 26 heavy (non-hydrogen) atoms. The van der Waals surface area contributed by atoms with Crippen LogP contribution in [0.15, 0.2) is 39.8 Å². The molecule has 0 spiro atoms. The van der Waals surface area contributed by atoms with Crippen LogP contribution in [0.4, 0.5) is 8.78 Å². The molecule has 0 fully saturated rings. The lowest BCUT2D eigenvalue weighted by molar-refractivity contribution is 0.578. The van der Waals surface area contributed by atoms with Crippen LogP contribution in [0.1, 0.15) is 35.7 Å². The van der Waals surface area contributed by atoms with Gasteiger partial charge in [-0.3, -0.25) is 9.56 Å². The maximum atomic E-state index is 14.5. The Hall–Kier alpha value is -2.12. The summed E-state index contributed by atoms with van der Waals surface area (Å²) in [4.78, 5) is 4.57. The fourth-order valence-corrected chi connectivity index (χ4v) is 3.71. The molecule has 0 N–H and O–H groups in total. The molecule has 0 aliphatic carbocycles. The topological polar surface area (TPSA) is 43.1 Å². The fraction of sp³-hybridized carbons (Fsp3) is 0.167. The SMILES string of the molecule is Cc1nnc2n1-c1ccc(Br)c(Cl)c1C(c1c(F)cccc1F)=N[C@H]2C. The van der Waals surface area contributed by atoms with Crippen molar-refractivity contribution in [2.45, 2.75) is 19.9 Å². The Labute approximate surface area is 161 Å². The van der Waals surface area contributed by atoms with E-state index in [2.05, 4.69) is 31.1 Å². The molecule has 2 heterocycles. The maximum absolute atomic E-state index is 14.5. The molecule has 0 bridgehead atoms. The second kappa shape index (κ2) is 6.25. The number of aryl methyl sites for hydroxylation is 1. The van der Waals surface area contributed by atoms with Gasteiger partial charge in [0.05, 0.1) is 22.0 Å². The van der Waals surface area contributed by atoms with Crippen molar-refractivity contribution in [3.8, 4) is 5.69 Å². The number of aromatic nitrogens is 3. The highest BCUT2D eigenvalue weighted by Crippen LogP contribution is 2.38. The molecule has 4 nitrogen and oxygen atoms in total. The summed E-state index contributed by atoms with van der Waals surface area (Å²) in [5.74, 6) is -0.189. The number of rotatable bonds is 1. The molecular formula is C18H12BrClF2N4. The number of hydrogen-bond acceptors (Lipinski definition) is 3. The highest BCUT2D eigenvalue weighted by molar-refractivity contribution is 9.10. The van der Waals surface area contributed by atoms with Gasteiger partial charge >= 0.3 is 0 Å². The van der Waals surface area contributed by atoms with Gasteiger partial charge in [-0.25, -0.2) is 8.78 Å². The molecule has 1 atom stereocenters. The van der Waals surface area contributed by atoms with Crippen LogP contribution in [0.25, 0.3) is 5.69 Å². The standard InChI is InChI=1S/C18H12BrClF2N4/c1-8-18-25-24-9(2)26(18)13-7-6-10(19)16(20)15(13)17(23-8)14-11(21)4-3-5-12(14)22/h3-8H,1-2H3/t8-/m0/s1. The molecular weight excluding hydrogens is 426 g/mol. The third kappa shape index (κ3) is 2.49. The van der Waals surface area contributed by atoms with E-state index in [-0.39, 0.29) is 11.3 Å². The summed E-state index contributed by atoms with van der Waals surface area (Å²) in [7, 11) is 0. The number of aliphatic imine (C=N–C) groups is 1. The molecule has 1 aliphatic rings. The Morgan fingerprint density at radius 2 is 1.77 bits per heavy atom. The minimum absolute atomic E-state index is 0.152. The van der Waals surface area contributed by atoms with Crippen molar-refractivity contribution in [2.75, 3.05) is 0 Å². The Morgan fingerprint density at radius 1 is 1.08 bits per heavy atom. The van der Waals surface area contributed by atoms with Crippen LogP contribution in [0.3, 0.4) is 0 Å². The molecule has 132 valence electrons. The van der Waals surface area contributed by atoms with Gasteiger partial charge in [-0.2, -0.15) is 0 Å². The van der Waals surface area contributed by atoms with Crippen molar-refractivity contribution in [1.29, 1.82) is 0 Å². The third-order valence-corrected chi connectivity index (χ3v) is 5.58. The van der Waals surface area contributed by atoms with Crippen molar-refractivity contribution in [1.82, 2.24) is 14.8 Å². The van der Waals surface area contributed by atoms with E-state index < -0.39 is 17.7 Å². The zero-order valence-electron chi connectivity index (χ0n) is 13.8. The molecule has 3 aromatic rings. The highest BCUT2D eigenvalue weighted by atomic mass is 79.9. The predicted molar refractivity (Wildman–Crippen MR) is 99.2 cm³/mol. The Morgan fingerprint density at radius 3 is 2.46 bits per heavy atom. The largest absolute Gasteiger partial charge is 0.281 e. The molecule has 8 heteroatoms. The minimum Gasteiger partial charge on any atom is -0.281 e. The molecule has 0 saturated carbocycles. The first kappa shape index (κ1) is 17.3. The molecule has 0 amide bonds. The third-order valence-electron chi connectivity index (χ3n) is 4.30. The molecule has 0 unspecified atom stereocenters. The van der Waals surface area contributed by atoms with E-state index in [0.29, 0.717) is 32.4 Å². The van der Waals surface area contributed by atoms with E-state index in [4.69, 9.17) is 11.6 Å². The number of benzene rings is 2. The summed E-state index contributed by atoms with van der Waals surface area (Å²) < 4.78 is 31.5. The average molecular weight is 438 g/mol. The van der Waals surface area contributed by atoms with Crippen LogP contribution in [-0.4, -0.2) is 20.5 Å². The summed E-state index contributed by atoms with van der Waals surface area (Å²) in [6, 6.07) is 6.83. The van der Waals surface area contributed by atoms with Gasteiger partial charge < -0.3 is 0 Å². The average Bonchev–Trinajstić information content (AvgIpc) is 2.92. The molecule has 2 aromatic carbocycles. The Kier molecular flexibility index (Phi) is 4.16. The minimum atomic E-state index is -0.702. The van der Waals surface area contributed by atoms with Gasteiger partial charge in [-0.15, -0.1) is 10.2 Å². The van der Waals surface area contributed by atoms with Gasteiger partial charge in [0.2, 0.25) is 0 Å². The number of hydrogen-bond donors (Lipinski definition) is 0. The maximum Gasteiger partial charge on any atom is 0.162 e. The van der Waals surface area contributed by atoms with Gasteiger partial charge in [-0.05, 0) is 54.0 Å². The van der Waals surface area contributed by atoms with E-state index in [1.807, 2.05) is 4.57 Å². The van der Waals surface area contributed by atoms with Crippen LogP contribution in [0, 0.1) is 18.6 Å². The summed E-state index contributed by atoms with van der Waals surface area (Å²) in [6.07, 6.45) is 0. The molecule has 1 aromatic heterocycles. The first-order valence-electron chi connectivity index (χ1n) is 7.83. The van der Waals surface area contributed by atoms with E-state index in [1.165, 1.54) is 18.2 Å². The van der Waals surface area contributed by atoms with Gasteiger partial charge in [0, 0.05) is 10.0 Å². The molecule has 4 rings (SSSR count). The predicted octanol–water partition coefficient (Wildman–Crippen LogP) is 5.18. The summed E-state index contributed by atoms with van der Waals surface area (Å²) in [5.41, 5.74) is 0.997. The monoisotopic (exact) mass is 436 g/mol. The van der Waals surface area contributed by atoms with Crippen molar-refractivity contribution in [3.05, 3.63) is 74.2 Å². The molecule has 1 aliphatic heterocycles. The van der Waals surface area contributed by atoms with Crippen LogP contribution in [0.2, 0.25) is 5.02 Å². The van der Waals surface area contributed by atoms with Crippen molar-refractivity contribution in [3.63, 3.8) is 0 Å². The van der Waals surface area contributed by atoms with Crippen LogP contribution in [0.5, 0.6) is 0 Å². The van der Waals surface area contributed by atoms with Crippen molar-refractivity contribution in [2.24, 2.45) is 4.99 Å². The number of fused-ring (bicyclic) bond motifs is 3.